The summed E-state index contributed by atoms with van der Waals surface area (Å²) in [6, 6.07) is 11.6. The topological polar surface area (TPSA) is 38.3 Å². The van der Waals surface area contributed by atoms with Gasteiger partial charge < -0.3 is 10.1 Å². The number of amides is 1. The van der Waals surface area contributed by atoms with Gasteiger partial charge in [0.15, 0.2) is 6.61 Å². The molecule has 3 nitrogen and oxygen atoms in total. The second-order valence-corrected chi connectivity index (χ2v) is 3.81. The lowest BCUT2D eigenvalue weighted by molar-refractivity contribution is -0.118. The van der Waals surface area contributed by atoms with Crippen LogP contribution in [-0.4, -0.2) is 12.5 Å². The third-order valence-corrected chi connectivity index (χ3v) is 2.26. The van der Waals surface area contributed by atoms with Crippen LogP contribution < -0.4 is 10.1 Å². The lowest BCUT2D eigenvalue weighted by Gasteiger charge is -2.07. The van der Waals surface area contributed by atoms with Crippen molar-refractivity contribution < 1.29 is 18.3 Å². The van der Waals surface area contributed by atoms with E-state index in [1.165, 1.54) is 0 Å². The molecule has 0 atom stereocenters. The molecule has 0 aliphatic carbocycles. The molecule has 0 heterocycles. The predicted octanol–water partition coefficient (Wildman–Crippen LogP) is 2.98. The maximum absolute atomic E-state index is 12.9. The highest BCUT2D eigenvalue weighted by atomic mass is 19.1. The van der Waals surface area contributed by atoms with Gasteiger partial charge in [0.05, 0.1) is 0 Å². The van der Waals surface area contributed by atoms with E-state index in [-0.39, 0.29) is 12.3 Å². The number of carbonyl (C=O) groups excluding carboxylic acids is 1. The third kappa shape index (κ3) is 4.06. The van der Waals surface area contributed by atoms with Gasteiger partial charge in [0, 0.05) is 11.8 Å². The molecule has 0 aliphatic rings. The van der Waals surface area contributed by atoms with Gasteiger partial charge in [-0.15, -0.1) is 0 Å². The van der Waals surface area contributed by atoms with Crippen molar-refractivity contribution in [2.75, 3.05) is 11.9 Å². The first-order valence-corrected chi connectivity index (χ1v) is 5.57. The Labute approximate surface area is 108 Å². The van der Waals surface area contributed by atoms with Gasteiger partial charge in [-0.3, -0.25) is 4.79 Å². The summed E-state index contributed by atoms with van der Waals surface area (Å²) in [6.07, 6.45) is 0. The van der Waals surface area contributed by atoms with E-state index >= 15 is 0 Å². The number of carbonyl (C=O) groups is 1. The Bertz CT molecular complexity index is 553. The van der Waals surface area contributed by atoms with Gasteiger partial charge in [-0.25, -0.2) is 8.78 Å². The molecule has 0 unspecified atom stereocenters. The van der Waals surface area contributed by atoms with E-state index in [1.807, 2.05) is 6.07 Å². The average Bonchev–Trinajstić information content (AvgIpc) is 2.36. The Balaban J connectivity index is 1.91. The van der Waals surface area contributed by atoms with Crippen LogP contribution in [0.5, 0.6) is 5.75 Å². The van der Waals surface area contributed by atoms with Crippen molar-refractivity contribution in [1.29, 1.82) is 0 Å². The van der Waals surface area contributed by atoms with Crippen molar-refractivity contribution in [1.82, 2.24) is 0 Å². The van der Waals surface area contributed by atoms with Crippen molar-refractivity contribution in [3.8, 4) is 5.75 Å². The maximum Gasteiger partial charge on any atom is 0.262 e. The predicted molar refractivity (Wildman–Crippen MR) is 66.9 cm³/mol. The molecule has 98 valence electrons. The van der Waals surface area contributed by atoms with E-state index < -0.39 is 17.5 Å². The van der Waals surface area contributed by atoms with Crippen molar-refractivity contribution in [2.24, 2.45) is 0 Å². The highest BCUT2D eigenvalue weighted by Crippen LogP contribution is 2.13. The van der Waals surface area contributed by atoms with Gasteiger partial charge in [-0.2, -0.15) is 0 Å². The average molecular weight is 263 g/mol. The molecule has 0 spiro atoms. The first-order valence-electron chi connectivity index (χ1n) is 5.57. The highest BCUT2D eigenvalue weighted by Gasteiger charge is 2.06. The van der Waals surface area contributed by atoms with Crippen LogP contribution in [0.15, 0.2) is 48.5 Å². The highest BCUT2D eigenvalue weighted by molar-refractivity contribution is 5.91. The summed E-state index contributed by atoms with van der Waals surface area (Å²) in [7, 11) is 0. The van der Waals surface area contributed by atoms with E-state index in [0.29, 0.717) is 5.75 Å². The van der Waals surface area contributed by atoms with Crippen LogP contribution in [0, 0.1) is 11.6 Å². The monoisotopic (exact) mass is 263 g/mol. The second kappa shape index (κ2) is 5.95. The Morgan fingerprint density at radius 3 is 2.32 bits per heavy atom. The number of halogens is 2. The first kappa shape index (κ1) is 13.0. The van der Waals surface area contributed by atoms with Gasteiger partial charge in [0.2, 0.25) is 0 Å². The lowest BCUT2D eigenvalue weighted by atomic mass is 10.3. The van der Waals surface area contributed by atoms with Crippen LogP contribution in [0.3, 0.4) is 0 Å². The quantitative estimate of drug-likeness (QED) is 0.920. The van der Waals surface area contributed by atoms with Crippen molar-refractivity contribution >= 4 is 11.6 Å². The van der Waals surface area contributed by atoms with Crippen LogP contribution in [-0.2, 0) is 4.79 Å². The van der Waals surface area contributed by atoms with E-state index in [0.717, 1.165) is 18.2 Å². The SMILES string of the molecule is O=C(COc1ccccc1)Nc1cc(F)cc(F)c1. The molecule has 0 bridgehead atoms. The van der Waals surface area contributed by atoms with Crippen LogP contribution in [0.1, 0.15) is 0 Å². The van der Waals surface area contributed by atoms with Crippen LogP contribution in [0.4, 0.5) is 14.5 Å². The van der Waals surface area contributed by atoms with Gasteiger partial charge in [0.25, 0.3) is 5.91 Å². The molecular formula is C14H11F2NO2. The molecule has 1 N–H and O–H groups in total. The summed E-state index contributed by atoms with van der Waals surface area (Å²) >= 11 is 0. The zero-order valence-corrected chi connectivity index (χ0v) is 9.90. The number of rotatable bonds is 4. The molecule has 2 aromatic rings. The minimum atomic E-state index is -0.751. The number of ether oxygens (including phenoxy) is 1. The van der Waals surface area contributed by atoms with Gasteiger partial charge in [0.1, 0.15) is 17.4 Å². The molecule has 1 amide bonds. The van der Waals surface area contributed by atoms with E-state index in [1.54, 1.807) is 24.3 Å². The van der Waals surface area contributed by atoms with Gasteiger partial charge in [-0.1, -0.05) is 18.2 Å². The molecule has 0 aromatic heterocycles. The summed E-state index contributed by atoms with van der Waals surface area (Å²) in [5, 5.41) is 2.35. The third-order valence-electron chi connectivity index (χ3n) is 2.26. The molecular weight excluding hydrogens is 252 g/mol. The number of hydrogen-bond donors (Lipinski definition) is 1. The standard InChI is InChI=1S/C14H11F2NO2/c15-10-6-11(16)8-12(7-10)17-14(18)9-19-13-4-2-1-3-5-13/h1-8H,9H2,(H,17,18). The Hall–Kier alpha value is -2.43. The largest absolute Gasteiger partial charge is 0.484 e. The van der Waals surface area contributed by atoms with Crippen molar-refractivity contribution in [3.63, 3.8) is 0 Å². The summed E-state index contributed by atoms with van der Waals surface area (Å²) in [6.45, 7) is -0.234. The van der Waals surface area contributed by atoms with E-state index in [9.17, 15) is 13.6 Å². The fraction of sp³-hybridized carbons (Fsp3) is 0.0714. The zero-order chi connectivity index (χ0) is 13.7. The summed E-state index contributed by atoms with van der Waals surface area (Å²) in [5.74, 6) is -1.45. The number of nitrogens with one attached hydrogen (secondary N) is 1. The summed E-state index contributed by atoms with van der Waals surface area (Å²) in [5.41, 5.74) is 0.0548. The molecule has 0 fully saturated rings. The molecule has 0 radical (unpaired) electrons. The number of hydrogen-bond acceptors (Lipinski definition) is 2. The molecule has 0 saturated heterocycles. The van der Waals surface area contributed by atoms with Crippen LogP contribution >= 0.6 is 0 Å². The van der Waals surface area contributed by atoms with Gasteiger partial charge >= 0.3 is 0 Å². The van der Waals surface area contributed by atoms with Crippen molar-refractivity contribution in [2.45, 2.75) is 0 Å². The molecule has 0 aliphatic heterocycles. The number of para-hydroxylation sites is 1. The van der Waals surface area contributed by atoms with Gasteiger partial charge in [-0.05, 0) is 24.3 Å². The fourth-order valence-electron chi connectivity index (χ4n) is 1.49. The van der Waals surface area contributed by atoms with E-state index in [4.69, 9.17) is 4.74 Å². The minimum absolute atomic E-state index is 0.0548. The Kier molecular flexibility index (Phi) is 4.07. The number of anilines is 1. The maximum atomic E-state index is 12.9. The smallest absolute Gasteiger partial charge is 0.262 e. The molecule has 19 heavy (non-hydrogen) atoms. The summed E-state index contributed by atoms with van der Waals surface area (Å²) in [4.78, 5) is 11.5. The van der Waals surface area contributed by atoms with Crippen LogP contribution in [0.2, 0.25) is 0 Å². The van der Waals surface area contributed by atoms with E-state index in [2.05, 4.69) is 5.32 Å². The lowest BCUT2D eigenvalue weighted by Crippen LogP contribution is -2.20. The first-order chi connectivity index (χ1) is 9.13. The number of benzene rings is 2. The molecule has 0 saturated carbocycles. The Morgan fingerprint density at radius 1 is 1.05 bits per heavy atom. The Morgan fingerprint density at radius 2 is 1.68 bits per heavy atom. The van der Waals surface area contributed by atoms with Crippen LogP contribution in [0.25, 0.3) is 0 Å². The molecule has 2 rings (SSSR count). The summed E-state index contributed by atoms with van der Waals surface area (Å²) < 4.78 is 31.0. The minimum Gasteiger partial charge on any atom is -0.484 e. The fourth-order valence-corrected chi connectivity index (χ4v) is 1.49. The molecule has 2 aromatic carbocycles. The van der Waals surface area contributed by atoms with Crippen molar-refractivity contribution in [3.05, 3.63) is 60.2 Å². The molecule has 5 heteroatoms. The zero-order valence-electron chi connectivity index (χ0n) is 9.90. The normalized spacial score (nSPS) is 10.0. The second-order valence-electron chi connectivity index (χ2n) is 3.81.